The van der Waals surface area contributed by atoms with Crippen LogP contribution in [0.2, 0.25) is 0 Å². The first-order valence-corrected chi connectivity index (χ1v) is 10.5. The van der Waals surface area contributed by atoms with Crippen molar-refractivity contribution in [2.24, 2.45) is 0 Å². The van der Waals surface area contributed by atoms with E-state index in [0.29, 0.717) is 40.4 Å². The number of carbonyl (C=O) groups excluding carboxylic acids is 1. The smallest absolute Gasteiger partial charge is 0.339 e. The summed E-state index contributed by atoms with van der Waals surface area (Å²) in [6.45, 7) is 1.86. The van der Waals surface area contributed by atoms with Gasteiger partial charge in [-0.3, -0.25) is 4.79 Å². The highest BCUT2D eigenvalue weighted by atomic mass is 16.5. The van der Waals surface area contributed by atoms with Crippen molar-refractivity contribution in [2.75, 3.05) is 14.2 Å². The molecule has 6 nitrogen and oxygen atoms in total. The summed E-state index contributed by atoms with van der Waals surface area (Å²) in [7, 11) is 3.18. The average Bonchev–Trinajstić information content (AvgIpc) is 2.78. The third-order valence-electron chi connectivity index (χ3n) is 6.32. The molecule has 1 aliphatic carbocycles. The fourth-order valence-corrected chi connectivity index (χ4v) is 4.81. The molecule has 2 aromatic carbocycles. The van der Waals surface area contributed by atoms with Crippen LogP contribution in [0.1, 0.15) is 58.0 Å². The normalized spacial score (nSPS) is 17.6. The van der Waals surface area contributed by atoms with Crippen LogP contribution in [0.25, 0.3) is 11.0 Å². The minimum absolute atomic E-state index is 0.0168. The SMILES string of the molecule is COc1cc(OC)cc(C2CC(=O)c3c(C)cc4oc(=O)c5c(c4c3O2)CCCC5)c1. The Bertz CT molecular complexity index is 1250. The van der Waals surface area contributed by atoms with Gasteiger partial charge in [0.2, 0.25) is 0 Å². The third-order valence-corrected chi connectivity index (χ3v) is 6.32. The molecule has 0 amide bonds. The molecular formula is C25H24O6. The molecule has 0 fully saturated rings. The molecule has 1 unspecified atom stereocenters. The maximum Gasteiger partial charge on any atom is 0.339 e. The molecule has 0 spiro atoms. The lowest BCUT2D eigenvalue weighted by Crippen LogP contribution is -2.23. The van der Waals surface area contributed by atoms with Gasteiger partial charge in [0.1, 0.15) is 28.9 Å². The number of aryl methyl sites for hydroxylation is 2. The molecule has 1 atom stereocenters. The van der Waals surface area contributed by atoms with Crippen LogP contribution < -0.4 is 19.8 Å². The fraction of sp³-hybridized carbons (Fsp3) is 0.360. The number of methoxy groups -OCH3 is 2. The summed E-state index contributed by atoms with van der Waals surface area (Å²) in [5.41, 5.74) is 4.03. The second kappa shape index (κ2) is 7.45. The summed E-state index contributed by atoms with van der Waals surface area (Å²) in [6.07, 6.45) is 3.17. The number of ether oxygens (including phenoxy) is 3. The first-order valence-electron chi connectivity index (χ1n) is 10.5. The second-order valence-corrected chi connectivity index (χ2v) is 8.20. The van der Waals surface area contributed by atoms with E-state index in [0.717, 1.165) is 41.3 Å². The molecule has 0 saturated carbocycles. The van der Waals surface area contributed by atoms with Crippen molar-refractivity contribution in [1.29, 1.82) is 0 Å². The van der Waals surface area contributed by atoms with E-state index in [2.05, 4.69) is 0 Å². The number of Topliss-reactive ketones (excluding diaryl/α,β-unsaturated/α-hetero) is 1. The van der Waals surface area contributed by atoms with E-state index in [1.54, 1.807) is 26.4 Å². The lowest BCUT2D eigenvalue weighted by molar-refractivity contribution is 0.0851. The first kappa shape index (κ1) is 19.7. The Labute approximate surface area is 179 Å². The van der Waals surface area contributed by atoms with E-state index in [-0.39, 0.29) is 17.8 Å². The molecule has 160 valence electrons. The van der Waals surface area contributed by atoms with Gasteiger partial charge in [-0.25, -0.2) is 4.79 Å². The topological polar surface area (TPSA) is 75.0 Å². The molecule has 2 heterocycles. The number of benzene rings is 2. The zero-order valence-electron chi connectivity index (χ0n) is 17.9. The van der Waals surface area contributed by atoms with Gasteiger partial charge >= 0.3 is 5.63 Å². The number of hydrogen-bond acceptors (Lipinski definition) is 6. The van der Waals surface area contributed by atoms with Crippen molar-refractivity contribution in [3.63, 3.8) is 0 Å². The molecule has 1 aromatic heterocycles. The maximum absolute atomic E-state index is 13.2. The van der Waals surface area contributed by atoms with Crippen molar-refractivity contribution in [3.8, 4) is 17.2 Å². The highest BCUT2D eigenvalue weighted by Gasteiger charge is 2.33. The van der Waals surface area contributed by atoms with E-state index in [1.807, 2.05) is 19.1 Å². The predicted octanol–water partition coefficient (Wildman–Crippen LogP) is 4.70. The number of fused-ring (bicyclic) bond motifs is 5. The van der Waals surface area contributed by atoms with Crippen LogP contribution in [0.5, 0.6) is 17.2 Å². The summed E-state index contributed by atoms with van der Waals surface area (Å²) < 4.78 is 22.9. The highest BCUT2D eigenvalue weighted by Crippen LogP contribution is 2.44. The van der Waals surface area contributed by atoms with Crippen molar-refractivity contribution < 1.29 is 23.4 Å². The number of rotatable bonds is 3. The molecule has 0 radical (unpaired) electrons. The molecule has 0 bridgehead atoms. The van der Waals surface area contributed by atoms with Gasteiger partial charge in [0, 0.05) is 17.2 Å². The standard InChI is InChI=1S/C25H24O6/c1-13-8-21-23(17-6-4-5-7-18(17)25(27)31-21)24-22(13)19(26)12-20(30-24)14-9-15(28-2)11-16(10-14)29-3/h8-11,20H,4-7,12H2,1-3H3. The van der Waals surface area contributed by atoms with E-state index in [1.165, 1.54) is 0 Å². The molecule has 0 N–H and O–H groups in total. The Morgan fingerprint density at radius 3 is 2.29 bits per heavy atom. The highest BCUT2D eigenvalue weighted by molar-refractivity contribution is 6.07. The summed E-state index contributed by atoms with van der Waals surface area (Å²) in [6, 6.07) is 7.30. The number of hydrogen-bond donors (Lipinski definition) is 0. The molecule has 31 heavy (non-hydrogen) atoms. The average molecular weight is 420 g/mol. The molecular weight excluding hydrogens is 396 g/mol. The van der Waals surface area contributed by atoms with Crippen LogP contribution in [0.15, 0.2) is 33.5 Å². The third kappa shape index (κ3) is 3.17. The number of carbonyl (C=O) groups is 1. The van der Waals surface area contributed by atoms with Gasteiger partial charge in [-0.1, -0.05) is 0 Å². The van der Waals surface area contributed by atoms with Gasteiger partial charge in [-0.2, -0.15) is 0 Å². The van der Waals surface area contributed by atoms with E-state index in [4.69, 9.17) is 18.6 Å². The van der Waals surface area contributed by atoms with Crippen LogP contribution in [0, 0.1) is 6.92 Å². The summed E-state index contributed by atoms with van der Waals surface area (Å²) in [4.78, 5) is 25.8. The summed E-state index contributed by atoms with van der Waals surface area (Å²) in [5, 5.41) is 0.766. The summed E-state index contributed by atoms with van der Waals surface area (Å²) in [5.74, 6) is 1.81. The molecule has 1 aliphatic heterocycles. The van der Waals surface area contributed by atoms with Crippen LogP contribution in [-0.2, 0) is 12.8 Å². The number of ketones is 1. The van der Waals surface area contributed by atoms with E-state index < -0.39 is 6.10 Å². The zero-order chi connectivity index (χ0) is 21.7. The zero-order valence-corrected chi connectivity index (χ0v) is 17.9. The largest absolute Gasteiger partial charge is 0.497 e. The quantitative estimate of drug-likeness (QED) is 0.572. The van der Waals surface area contributed by atoms with Gasteiger partial charge < -0.3 is 18.6 Å². The van der Waals surface area contributed by atoms with Crippen LogP contribution >= 0.6 is 0 Å². The summed E-state index contributed by atoms with van der Waals surface area (Å²) >= 11 is 0. The van der Waals surface area contributed by atoms with Crippen LogP contribution in [0.4, 0.5) is 0 Å². The van der Waals surface area contributed by atoms with Crippen molar-refractivity contribution in [3.05, 3.63) is 62.5 Å². The Balaban J connectivity index is 1.72. The van der Waals surface area contributed by atoms with Gasteiger partial charge in [0.05, 0.1) is 31.6 Å². The van der Waals surface area contributed by atoms with Gasteiger partial charge in [0.15, 0.2) is 5.78 Å². The van der Waals surface area contributed by atoms with Gasteiger partial charge in [-0.15, -0.1) is 0 Å². The Morgan fingerprint density at radius 1 is 0.935 bits per heavy atom. The first-order chi connectivity index (χ1) is 15.0. The second-order valence-electron chi connectivity index (χ2n) is 8.20. The van der Waals surface area contributed by atoms with E-state index >= 15 is 0 Å². The van der Waals surface area contributed by atoms with Crippen molar-refractivity contribution in [1.82, 2.24) is 0 Å². The minimum atomic E-state index is -0.486. The monoisotopic (exact) mass is 420 g/mol. The Kier molecular flexibility index (Phi) is 4.73. The molecule has 2 aliphatic rings. The fourth-order valence-electron chi connectivity index (χ4n) is 4.81. The minimum Gasteiger partial charge on any atom is -0.497 e. The lowest BCUT2D eigenvalue weighted by Gasteiger charge is -2.29. The van der Waals surface area contributed by atoms with Gasteiger partial charge in [-0.05, 0) is 61.9 Å². The Morgan fingerprint density at radius 2 is 1.61 bits per heavy atom. The van der Waals surface area contributed by atoms with Crippen molar-refractivity contribution >= 4 is 16.8 Å². The maximum atomic E-state index is 13.2. The molecule has 3 aromatic rings. The van der Waals surface area contributed by atoms with Crippen molar-refractivity contribution in [2.45, 2.75) is 45.1 Å². The van der Waals surface area contributed by atoms with Crippen LogP contribution in [-0.4, -0.2) is 20.0 Å². The van der Waals surface area contributed by atoms with Gasteiger partial charge in [0.25, 0.3) is 0 Å². The molecule has 6 heteroatoms. The van der Waals surface area contributed by atoms with E-state index in [9.17, 15) is 9.59 Å². The van der Waals surface area contributed by atoms with Crippen LogP contribution in [0.3, 0.4) is 0 Å². The Hall–Kier alpha value is -3.28. The predicted molar refractivity (Wildman–Crippen MR) is 116 cm³/mol. The lowest BCUT2D eigenvalue weighted by atomic mass is 9.86. The molecule has 0 saturated heterocycles. The molecule has 5 rings (SSSR count).